The molecule has 0 aliphatic rings. The van der Waals surface area contributed by atoms with Gasteiger partial charge in [0.1, 0.15) is 5.82 Å². The fraction of sp³-hybridized carbons (Fsp3) is 0.600. The van der Waals surface area contributed by atoms with Gasteiger partial charge in [0.05, 0.1) is 12.3 Å². The molecule has 5 nitrogen and oxygen atoms in total. The van der Waals surface area contributed by atoms with Gasteiger partial charge in [0.15, 0.2) is 0 Å². The minimum atomic E-state index is 0.580. The largest absolute Gasteiger partial charge is 0.380 e. The summed E-state index contributed by atoms with van der Waals surface area (Å²) in [5.74, 6) is 0.805. The van der Waals surface area contributed by atoms with Crippen molar-refractivity contribution in [1.29, 1.82) is 0 Å². The Morgan fingerprint density at radius 2 is 2.20 bits per heavy atom. The molecule has 0 spiro atoms. The van der Waals surface area contributed by atoms with Gasteiger partial charge in [0, 0.05) is 19.7 Å². The molecular weight excluding hydrogens is 192 g/mol. The van der Waals surface area contributed by atoms with Gasteiger partial charge in [-0.1, -0.05) is 0 Å². The SMILES string of the molecule is Cc1ccc(NCCCOCCN)nn1. The van der Waals surface area contributed by atoms with Gasteiger partial charge in [-0.2, -0.15) is 5.10 Å². The molecule has 1 heterocycles. The summed E-state index contributed by atoms with van der Waals surface area (Å²) in [5, 5.41) is 11.1. The minimum Gasteiger partial charge on any atom is -0.380 e. The highest BCUT2D eigenvalue weighted by Crippen LogP contribution is 2.00. The minimum absolute atomic E-state index is 0.580. The summed E-state index contributed by atoms with van der Waals surface area (Å²) >= 11 is 0. The predicted octanol–water partition coefficient (Wildman–Crippen LogP) is 0.562. The summed E-state index contributed by atoms with van der Waals surface area (Å²) in [7, 11) is 0. The van der Waals surface area contributed by atoms with Crippen LogP contribution < -0.4 is 11.1 Å². The Morgan fingerprint density at radius 1 is 1.33 bits per heavy atom. The second kappa shape index (κ2) is 7.14. The maximum absolute atomic E-state index is 5.29. The predicted molar refractivity (Wildman–Crippen MR) is 59.7 cm³/mol. The van der Waals surface area contributed by atoms with Crippen LogP contribution in [0.5, 0.6) is 0 Å². The lowest BCUT2D eigenvalue weighted by molar-refractivity contribution is 0.141. The highest BCUT2D eigenvalue weighted by atomic mass is 16.5. The monoisotopic (exact) mass is 210 g/mol. The van der Waals surface area contributed by atoms with Crippen molar-refractivity contribution in [2.45, 2.75) is 13.3 Å². The molecule has 1 aromatic rings. The van der Waals surface area contributed by atoms with Crippen LogP contribution >= 0.6 is 0 Å². The van der Waals surface area contributed by atoms with Crippen molar-refractivity contribution in [1.82, 2.24) is 10.2 Å². The zero-order valence-electron chi connectivity index (χ0n) is 9.07. The van der Waals surface area contributed by atoms with Crippen molar-refractivity contribution in [2.24, 2.45) is 5.73 Å². The number of nitrogens with one attached hydrogen (secondary N) is 1. The molecule has 84 valence electrons. The lowest BCUT2D eigenvalue weighted by atomic mass is 10.4. The summed E-state index contributed by atoms with van der Waals surface area (Å²) in [4.78, 5) is 0. The normalized spacial score (nSPS) is 10.3. The van der Waals surface area contributed by atoms with E-state index in [1.807, 2.05) is 19.1 Å². The summed E-state index contributed by atoms with van der Waals surface area (Å²) in [5.41, 5.74) is 6.21. The van der Waals surface area contributed by atoms with E-state index in [1.54, 1.807) is 0 Å². The van der Waals surface area contributed by atoms with Crippen molar-refractivity contribution in [3.05, 3.63) is 17.8 Å². The van der Waals surface area contributed by atoms with Crippen molar-refractivity contribution in [2.75, 3.05) is 31.6 Å². The van der Waals surface area contributed by atoms with Gasteiger partial charge in [0.2, 0.25) is 0 Å². The number of ether oxygens (including phenoxy) is 1. The van der Waals surface area contributed by atoms with Crippen LogP contribution in [0.1, 0.15) is 12.1 Å². The second-order valence-corrected chi connectivity index (χ2v) is 3.24. The molecule has 0 bridgehead atoms. The average Bonchev–Trinajstić information content (AvgIpc) is 2.26. The van der Waals surface area contributed by atoms with E-state index in [9.17, 15) is 0 Å². The van der Waals surface area contributed by atoms with Crippen molar-refractivity contribution < 1.29 is 4.74 Å². The zero-order chi connectivity index (χ0) is 10.9. The molecule has 0 atom stereocenters. The second-order valence-electron chi connectivity index (χ2n) is 3.24. The standard InChI is InChI=1S/C10H18N4O/c1-9-3-4-10(14-13-9)12-6-2-7-15-8-5-11/h3-4H,2,5-8,11H2,1H3,(H,12,14). The van der Waals surface area contributed by atoms with E-state index in [0.29, 0.717) is 13.2 Å². The number of aryl methyl sites for hydroxylation is 1. The molecule has 0 saturated carbocycles. The first-order chi connectivity index (χ1) is 7.33. The zero-order valence-corrected chi connectivity index (χ0v) is 9.07. The highest BCUT2D eigenvalue weighted by molar-refractivity contribution is 5.32. The van der Waals surface area contributed by atoms with Gasteiger partial charge in [0.25, 0.3) is 0 Å². The Bertz CT molecular complexity index is 263. The maximum Gasteiger partial charge on any atom is 0.148 e. The number of nitrogens with zero attached hydrogens (tertiary/aromatic N) is 2. The molecule has 5 heteroatoms. The van der Waals surface area contributed by atoms with E-state index in [0.717, 1.165) is 31.1 Å². The van der Waals surface area contributed by atoms with Crippen LogP contribution in [-0.2, 0) is 4.74 Å². The summed E-state index contributed by atoms with van der Waals surface area (Å²) < 4.78 is 5.24. The van der Waals surface area contributed by atoms with Crippen molar-refractivity contribution >= 4 is 5.82 Å². The number of rotatable bonds is 7. The number of hydrogen-bond acceptors (Lipinski definition) is 5. The topological polar surface area (TPSA) is 73.1 Å². The van der Waals surface area contributed by atoms with Gasteiger partial charge in [-0.05, 0) is 25.5 Å². The number of hydrogen-bond donors (Lipinski definition) is 2. The first kappa shape index (κ1) is 11.9. The first-order valence-corrected chi connectivity index (χ1v) is 5.15. The molecular formula is C10H18N4O. The average molecular weight is 210 g/mol. The smallest absolute Gasteiger partial charge is 0.148 e. The fourth-order valence-corrected chi connectivity index (χ4v) is 1.07. The molecule has 3 N–H and O–H groups in total. The van der Waals surface area contributed by atoms with Gasteiger partial charge in [-0.25, -0.2) is 0 Å². The van der Waals surface area contributed by atoms with Crippen molar-refractivity contribution in [3.8, 4) is 0 Å². The van der Waals surface area contributed by atoms with E-state index >= 15 is 0 Å². The van der Waals surface area contributed by atoms with E-state index < -0.39 is 0 Å². The highest BCUT2D eigenvalue weighted by Gasteiger charge is 1.93. The first-order valence-electron chi connectivity index (χ1n) is 5.15. The van der Waals surface area contributed by atoms with Crippen molar-refractivity contribution in [3.63, 3.8) is 0 Å². The van der Waals surface area contributed by atoms with Crippen LogP contribution in [0.4, 0.5) is 5.82 Å². The van der Waals surface area contributed by atoms with E-state index in [2.05, 4.69) is 15.5 Å². The lowest BCUT2D eigenvalue weighted by Crippen LogP contribution is -2.12. The number of aromatic nitrogens is 2. The molecule has 0 unspecified atom stereocenters. The van der Waals surface area contributed by atoms with Crippen LogP contribution in [0.3, 0.4) is 0 Å². The van der Waals surface area contributed by atoms with E-state index in [1.165, 1.54) is 0 Å². The molecule has 0 radical (unpaired) electrons. The molecule has 0 fully saturated rings. The maximum atomic E-state index is 5.29. The molecule has 1 aromatic heterocycles. The van der Waals surface area contributed by atoms with Crippen LogP contribution in [-0.4, -0.2) is 36.5 Å². The van der Waals surface area contributed by atoms with Gasteiger partial charge in [-0.15, -0.1) is 5.10 Å². The van der Waals surface area contributed by atoms with Crippen LogP contribution in [0.15, 0.2) is 12.1 Å². The van der Waals surface area contributed by atoms with Crippen LogP contribution in [0, 0.1) is 6.92 Å². The molecule has 0 saturated heterocycles. The van der Waals surface area contributed by atoms with E-state index in [-0.39, 0.29) is 0 Å². The summed E-state index contributed by atoms with van der Waals surface area (Å²) in [6.07, 6.45) is 0.940. The molecule has 1 rings (SSSR count). The summed E-state index contributed by atoms with van der Waals surface area (Å²) in [6.45, 7) is 4.68. The molecule has 0 aromatic carbocycles. The molecule has 0 amide bonds. The summed E-state index contributed by atoms with van der Waals surface area (Å²) in [6, 6.07) is 3.85. The Labute approximate surface area is 90.0 Å². The fourth-order valence-electron chi connectivity index (χ4n) is 1.07. The Morgan fingerprint density at radius 3 is 2.87 bits per heavy atom. The number of anilines is 1. The van der Waals surface area contributed by atoms with Gasteiger partial charge < -0.3 is 15.8 Å². The van der Waals surface area contributed by atoms with E-state index in [4.69, 9.17) is 10.5 Å². The molecule has 0 aliphatic heterocycles. The van der Waals surface area contributed by atoms with Crippen LogP contribution in [0.2, 0.25) is 0 Å². The Kier molecular flexibility index (Phi) is 5.65. The Balaban J connectivity index is 2.07. The Hall–Kier alpha value is -1.20. The quantitative estimate of drug-likeness (QED) is 0.643. The molecule has 0 aliphatic carbocycles. The van der Waals surface area contributed by atoms with Crippen LogP contribution in [0.25, 0.3) is 0 Å². The molecule has 15 heavy (non-hydrogen) atoms. The van der Waals surface area contributed by atoms with Gasteiger partial charge >= 0.3 is 0 Å². The lowest BCUT2D eigenvalue weighted by Gasteiger charge is -2.05. The van der Waals surface area contributed by atoms with Gasteiger partial charge in [-0.3, -0.25) is 0 Å². The number of nitrogens with two attached hydrogens (primary N) is 1. The third kappa shape index (κ3) is 5.29. The third-order valence-electron chi connectivity index (χ3n) is 1.83. The third-order valence-corrected chi connectivity index (χ3v) is 1.83.